The Bertz CT molecular complexity index is 230. The minimum absolute atomic E-state index is 0.367. The second-order valence-corrected chi connectivity index (χ2v) is 4.98. The molecule has 0 fully saturated rings. The molecule has 13 heavy (non-hydrogen) atoms. The first kappa shape index (κ1) is 10.4. The summed E-state index contributed by atoms with van der Waals surface area (Å²) in [5, 5.41) is 3.18. The van der Waals surface area contributed by atoms with Gasteiger partial charge in [-0.2, -0.15) is 0 Å². The van der Waals surface area contributed by atoms with Gasteiger partial charge >= 0.3 is 0 Å². The Hall–Kier alpha value is -0.720. The molecule has 0 amide bonds. The lowest BCUT2D eigenvalue weighted by Gasteiger charge is -2.34. The maximum Gasteiger partial charge on any atom is 0.0296 e. The van der Waals surface area contributed by atoms with E-state index >= 15 is 0 Å². The summed E-state index contributed by atoms with van der Waals surface area (Å²) in [5.41, 5.74) is 1.61. The van der Waals surface area contributed by atoms with Gasteiger partial charge in [0.1, 0.15) is 0 Å². The van der Waals surface area contributed by atoms with Gasteiger partial charge in [0.2, 0.25) is 0 Å². The van der Waals surface area contributed by atoms with Crippen LogP contribution in [0.3, 0.4) is 0 Å². The van der Waals surface area contributed by atoms with Crippen molar-refractivity contribution in [2.45, 2.75) is 27.7 Å². The van der Waals surface area contributed by atoms with E-state index in [1.54, 1.807) is 0 Å². The van der Waals surface area contributed by atoms with Crippen molar-refractivity contribution in [2.75, 3.05) is 7.05 Å². The van der Waals surface area contributed by atoms with Crippen molar-refractivity contribution in [3.8, 4) is 0 Å². The molecule has 0 saturated heterocycles. The van der Waals surface area contributed by atoms with Crippen LogP contribution in [0.5, 0.6) is 0 Å². The average molecular weight is 179 g/mol. The standard InChI is InChI=1S/C12H21N/c1-9-8-10(13-5)6-7-11(9)12(2,3)4/h6-9,11,13H,1-5H3. The van der Waals surface area contributed by atoms with E-state index < -0.39 is 0 Å². The summed E-state index contributed by atoms with van der Waals surface area (Å²) in [6, 6.07) is 0. The second-order valence-electron chi connectivity index (χ2n) is 4.98. The monoisotopic (exact) mass is 179 g/mol. The highest BCUT2D eigenvalue weighted by atomic mass is 14.8. The van der Waals surface area contributed by atoms with E-state index in [9.17, 15) is 0 Å². The molecular formula is C12H21N. The summed E-state index contributed by atoms with van der Waals surface area (Å²) in [4.78, 5) is 0. The molecular weight excluding hydrogens is 158 g/mol. The first-order valence-electron chi connectivity index (χ1n) is 5.03. The zero-order chi connectivity index (χ0) is 10.1. The Morgan fingerprint density at radius 1 is 1.31 bits per heavy atom. The lowest BCUT2D eigenvalue weighted by atomic mass is 9.72. The van der Waals surface area contributed by atoms with Crippen molar-refractivity contribution in [3.05, 3.63) is 23.9 Å². The molecule has 1 nitrogen and oxygen atoms in total. The zero-order valence-electron chi connectivity index (χ0n) is 9.39. The molecule has 74 valence electrons. The third kappa shape index (κ3) is 2.36. The van der Waals surface area contributed by atoms with Crippen molar-refractivity contribution in [3.63, 3.8) is 0 Å². The van der Waals surface area contributed by atoms with Crippen LogP contribution in [0.15, 0.2) is 23.9 Å². The minimum atomic E-state index is 0.367. The second kappa shape index (κ2) is 3.57. The fourth-order valence-electron chi connectivity index (χ4n) is 2.07. The number of hydrogen-bond acceptors (Lipinski definition) is 1. The molecule has 2 unspecified atom stereocenters. The highest BCUT2D eigenvalue weighted by Gasteiger charge is 2.28. The maximum absolute atomic E-state index is 3.18. The lowest BCUT2D eigenvalue weighted by molar-refractivity contribution is 0.243. The third-order valence-electron chi connectivity index (χ3n) is 2.78. The molecule has 1 rings (SSSR count). The van der Waals surface area contributed by atoms with Gasteiger partial charge in [0.15, 0.2) is 0 Å². The van der Waals surface area contributed by atoms with E-state index in [2.05, 4.69) is 51.2 Å². The summed E-state index contributed by atoms with van der Waals surface area (Å²) in [6.45, 7) is 9.20. The molecule has 0 saturated carbocycles. The topological polar surface area (TPSA) is 12.0 Å². The van der Waals surface area contributed by atoms with Gasteiger partial charge in [-0.1, -0.05) is 39.8 Å². The molecule has 0 radical (unpaired) electrons. The summed E-state index contributed by atoms with van der Waals surface area (Å²) < 4.78 is 0. The van der Waals surface area contributed by atoms with Crippen LogP contribution in [0.1, 0.15) is 27.7 Å². The van der Waals surface area contributed by atoms with Crippen molar-refractivity contribution in [2.24, 2.45) is 17.3 Å². The molecule has 0 bridgehead atoms. The third-order valence-corrected chi connectivity index (χ3v) is 2.78. The lowest BCUT2D eigenvalue weighted by Crippen LogP contribution is -2.27. The first-order valence-corrected chi connectivity index (χ1v) is 5.03. The Balaban J connectivity index is 2.78. The van der Waals surface area contributed by atoms with E-state index in [-0.39, 0.29) is 0 Å². The van der Waals surface area contributed by atoms with E-state index in [0.717, 1.165) is 0 Å². The van der Waals surface area contributed by atoms with Crippen LogP contribution in [0.2, 0.25) is 0 Å². The Kier molecular flexibility index (Phi) is 2.84. The van der Waals surface area contributed by atoms with Gasteiger partial charge < -0.3 is 5.32 Å². The highest BCUT2D eigenvalue weighted by molar-refractivity contribution is 5.24. The van der Waals surface area contributed by atoms with Crippen LogP contribution < -0.4 is 5.32 Å². The molecule has 1 N–H and O–H groups in total. The van der Waals surface area contributed by atoms with Crippen molar-refractivity contribution in [1.29, 1.82) is 0 Å². The molecule has 1 aliphatic carbocycles. The molecule has 0 aromatic heterocycles. The molecule has 0 aromatic carbocycles. The smallest absolute Gasteiger partial charge is 0.0296 e. The fourth-order valence-corrected chi connectivity index (χ4v) is 2.07. The van der Waals surface area contributed by atoms with Gasteiger partial charge in [-0.15, -0.1) is 0 Å². The predicted molar refractivity (Wildman–Crippen MR) is 58.4 cm³/mol. The minimum Gasteiger partial charge on any atom is -0.388 e. The molecule has 1 heteroatoms. The molecule has 1 aliphatic rings. The summed E-state index contributed by atoms with van der Waals surface area (Å²) in [6.07, 6.45) is 6.84. The molecule has 0 aliphatic heterocycles. The van der Waals surface area contributed by atoms with Crippen molar-refractivity contribution >= 4 is 0 Å². The SMILES string of the molecule is CNC1=CC(C)C(C(C)(C)C)C=C1. The van der Waals surface area contributed by atoms with E-state index in [0.29, 0.717) is 17.3 Å². The van der Waals surface area contributed by atoms with E-state index in [1.165, 1.54) is 5.70 Å². The maximum atomic E-state index is 3.18. The number of hydrogen-bond donors (Lipinski definition) is 1. The van der Waals surface area contributed by atoms with E-state index in [4.69, 9.17) is 0 Å². The number of rotatable bonds is 1. The molecule has 2 atom stereocenters. The largest absolute Gasteiger partial charge is 0.388 e. The van der Waals surface area contributed by atoms with Crippen LogP contribution in [0.25, 0.3) is 0 Å². The molecule has 0 heterocycles. The number of allylic oxidation sites excluding steroid dienone is 3. The van der Waals surface area contributed by atoms with Gasteiger partial charge in [0, 0.05) is 12.7 Å². The zero-order valence-corrected chi connectivity index (χ0v) is 9.39. The number of likely N-dealkylation sites (N-methyl/N-ethyl adjacent to an activating group) is 1. The van der Waals surface area contributed by atoms with Crippen LogP contribution in [-0.2, 0) is 0 Å². The Labute approximate surface area is 81.9 Å². The Morgan fingerprint density at radius 3 is 2.31 bits per heavy atom. The van der Waals surface area contributed by atoms with Crippen molar-refractivity contribution < 1.29 is 0 Å². The van der Waals surface area contributed by atoms with Crippen LogP contribution in [0.4, 0.5) is 0 Å². The summed E-state index contributed by atoms with van der Waals surface area (Å²) >= 11 is 0. The summed E-state index contributed by atoms with van der Waals surface area (Å²) in [7, 11) is 1.97. The average Bonchev–Trinajstić information content (AvgIpc) is 2.01. The van der Waals surface area contributed by atoms with Crippen LogP contribution in [-0.4, -0.2) is 7.05 Å². The van der Waals surface area contributed by atoms with Crippen molar-refractivity contribution in [1.82, 2.24) is 5.32 Å². The van der Waals surface area contributed by atoms with Gasteiger partial charge in [0.25, 0.3) is 0 Å². The highest BCUT2D eigenvalue weighted by Crippen LogP contribution is 2.36. The summed E-state index contributed by atoms with van der Waals surface area (Å²) in [5.74, 6) is 1.29. The van der Waals surface area contributed by atoms with Gasteiger partial charge in [-0.3, -0.25) is 0 Å². The molecule has 0 spiro atoms. The predicted octanol–water partition coefficient (Wildman–Crippen LogP) is 2.96. The van der Waals surface area contributed by atoms with Crippen LogP contribution in [0, 0.1) is 17.3 Å². The Morgan fingerprint density at radius 2 is 1.92 bits per heavy atom. The van der Waals surface area contributed by atoms with Gasteiger partial charge in [-0.25, -0.2) is 0 Å². The van der Waals surface area contributed by atoms with E-state index in [1.807, 2.05) is 7.05 Å². The first-order chi connectivity index (χ1) is 5.95. The number of nitrogens with one attached hydrogen (secondary N) is 1. The quantitative estimate of drug-likeness (QED) is 0.652. The van der Waals surface area contributed by atoms with Gasteiger partial charge in [0.05, 0.1) is 0 Å². The van der Waals surface area contributed by atoms with Crippen LogP contribution >= 0.6 is 0 Å². The molecule has 0 aromatic rings. The normalized spacial score (nSPS) is 28.5. The fraction of sp³-hybridized carbons (Fsp3) is 0.667. The van der Waals surface area contributed by atoms with Gasteiger partial charge in [-0.05, 0) is 23.3 Å².